The van der Waals surface area contributed by atoms with Gasteiger partial charge in [0.15, 0.2) is 5.96 Å². The molecule has 1 unspecified atom stereocenters. The van der Waals surface area contributed by atoms with E-state index in [4.69, 9.17) is 9.47 Å². The van der Waals surface area contributed by atoms with Crippen LogP contribution in [0, 0.1) is 0 Å². The molecule has 2 rings (SSSR count). The van der Waals surface area contributed by atoms with E-state index in [9.17, 15) is 13.2 Å². The molecule has 1 heterocycles. The van der Waals surface area contributed by atoms with Crippen molar-refractivity contribution in [2.24, 2.45) is 4.99 Å². The maximum Gasteiger partial charge on any atom is 0.401 e. The normalized spacial score (nSPS) is 18.1. The second-order valence-electron chi connectivity index (χ2n) is 7.00. The van der Waals surface area contributed by atoms with Crippen LogP contribution in [0.1, 0.15) is 25.3 Å². The van der Waals surface area contributed by atoms with Gasteiger partial charge < -0.3 is 20.1 Å². The van der Waals surface area contributed by atoms with E-state index in [1.807, 2.05) is 31.2 Å². The summed E-state index contributed by atoms with van der Waals surface area (Å²) >= 11 is 0. The minimum atomic E-state index is -4.15. The summed E-state index contributed by atoms with van der Waals surface area (Å²) < 4.78 is 48.3. The average molecular weight is 416 g/mol. The number of hydrogen-bond acceptors (Lipinski definition) is 4. The largest absolute Gasteiger partial charge is 0.497 e. The van der Waals surface area contributed by atoms with Crippen molar-refractivity contribution >= 4 is 5.96 Å². The Labute approximate surface area is 170 Å². The highest BCUT2D eigenvalue weighted by atomic mass is 19.4. The quantitative estimate of drug-likeness (QED) is 0.349. The van der Waals surface area contributed by atoms with Gasteiger partial charge in [-0.05, 0) is 37.5 Å². The van der Waals surface area contributed by atoms with Crippen LogP contribution in [0.4, 0.5) is 13.2 Å². The number of alkyl halides is 3. The third kappa shape index (κ3) is 9.36. The fourth-order valence-corrected chi connectivity index (χ4v) is 3.13. The summed E-state index contributed by atoms with van der Waals surface area (Å²) in [5.41, 5.74) is 1.08. The highest BCUT2D eigenvalue weighted by molar-refractivity contribution is 5.80. The van der Waals surface area contributed by atoms with Crippen LogP contribution in [0.5, 0.6) is 5.75 Å². The molecule has 0 bridgehead atoms. The third-order valence-corrected chi connectivity index (χ3v) is 4.50. The molecular formula is C20H31F3N4O2. The first-order valence-electron chi connectivity index (χ1n) is 9.94. The first kappa shape index (κ1) is 23.3. The number of halogens is 3. The SMILES string of the molecule is CCNC(=NCCCOCc1ccc(OC)cc1)NC1CCN(CC(F)(F)F)C1. The molecule has 6 nitrogen and oxygen atoms in total. The summed E-state index contributed by atoms with van der Waals surface area (Å²) in [7, 11) is 1.63. The van der Waals surface area contributed by atoms with E-state index >= 15 is 0 Å². The number of rotatable bonds is 10. The lowest BCUT2D eigenvalue weighted by Gasteiger charge is -2.19. The lowest BCUT2D eigenvalue weighted by atomic mass is 10.2. The molecular weight excluding hydrogens is 385 g/mol. The van der Waals surface area contributed by atoms with E-state index in [2.05, 4.69) is 15.6 Å². The summed E-state index contributed by atoms with van der Waals surface area (Å²) in [6.45, 7) is 4.30. The molecule has 0 saturated carbocycles. The maximum atomic E-state index is 12.5. The van der Waals surface area contributed by atoms with Crippen LogP contribution in [0.25, 0.3) is 0 Å². The molecule has 29 heavy (non-hydrogen) atoms. The molecule has 1 atom stereocenters. The zero-order chi connectivity index (χ0) is 21.1. The van der Waals surface area contributed by atoms with E-state index in [1.54, 1.807) is 7.11 Å². The predicted molar refractivity (Wildman–Crippen MR) is 107 cm³/mol. The lowest BCUT2D eigenvalue weighted by molar-refractivity contribution is -0.143. The van der Waals surface area contributed by atoms with Crippen LogP contribution in [0.2, 0.25) is 0 Å². The minimum Gasteiger partial charge on any atom is -0.497 e. The molecule has 2 N–H and O–H groups in total. The van der Waals surface area contributed by atoms with Gasteiger partial charge in [0.25, 0.3) is 0 Å². The first-order chi connectivity index (χ1) is 13.9. The number of guanidine groups is 1. The van der Waals surface area contributed by atoms with Crippen molar-refractivity contribution in [3.63, 3.8) is 0 Å². The summed E-state index contributed by atoms with van der Waals surface area (Å²) in [6.07, 6.45) is -2.72. The van der Waals surface area contributed by atoms with E-state index in [-0.39, 0.29) is 6.04 Å². The molecule has 164 valence electrons. The van der Waals surface area contributed by atoms with Gasteiger partial charge in [0.1, 0.15) is 5.75 Å². The Morgan fingerprint density at radius 2 is 2.03 bits per heavy atom. The number of methoxy groups -OCH3 is 1. The lowest BCUT2D eigenvalue weighted by Crippen LogP contribution is -2.45. The number of likely N-dealkylation sites (tertiary alicyclic amines) is 1. The van der Waals surface area contributed by atoms with Gasteiger partial charge in [-0.1, -0.05) is 12.1 Å². The van der Waals surface area contributed by atoms with Crippen LogP contribution in [0.15, 0.2) is 29.3 Å². The fourth-order valence-electron chi connectivity index (χ4n) is 3.13. The summed E-state index contributed by atoms with van der Waals surface area (Å²) in [6, 6.07) is 7.70. The molecule has 0 spiro atoms. The van der Waals surface area contributed by atoms with Gasteiger partial charge in [-0.3, -0.25) is 9.89 Å². The van der Waals surface area contributed by atoms with Gasteiger partial charge in [-0.15, -0.1) is 0 Å². The van der Waals surface area contributed by atoms with Crippen LogP contribution in [0.3, 0.4) is 0 Å². The van der Waals surface area contributed by atoms with Crippen molar-refractivity contribution in [2.45, 2.75) is 38.6 Å². The molecule has 0 aromatic heterocycles. The number of ether oxygens (including phenoxy) is 2. The van der Waals surface area contributed by atoms with Gasteiger partial charge in [-0.2, -0.15) is 13.2 Å². The number of benzene rings is 1. The van der Waals surface area contributed by atoms with Crippen LogP contribution < -0.4 is 15.4 Å². The maximum absolute atomic E-state index is 12.5. The number of hydrogen-bond donors (Lipinski definition) is 2. The number of nitrogens with zero attached hydrogens (tertiary/aromatic N) is 2. The Morgan fingerprint density at radius 3 is 2.69 bits per heavy atom. The summed E-state index contributed by atoms with van der Waals surface area (Å²) in [5.74, 6) is 1.46. The van der Waals surface area contributed by atoms with Gasteiger partial charge in [0, 0.05) is 38.8 Å². The van der Waals surface area contributed by atoms with E-state index in [1.165, 1.54) is 4.90 Å². The fraction of sp³-hybridized carbons (Fsp3) is 0.650. The molecule has 0 amide bonds. The highest BCUT2D eigenvalue weighted by Crippen LogP contribution is 2.19. The van der Waals surface area contributed by atoms with Gasteiger partial charge >= 0.3 is 6.18 Å². The predicted octanol–water partition coefficient (Wildman–Crippen LogP) is 2.79. The molecule has 0 radical (unpaired) electrons. The minimum absolute atomic E-state index is 0.0264. The van der Waals surface area contributed by atoms with Crippen molar-refractivity contribution in [2.75, 3.05) is 46.4 Å². The first-order valence-corrected chi connectivity index (χ1v) is 9.94. The molecule has 1 aromatic rings. The van der Waals surface area contributed by atoms with E-state index < -0.39 is 12.7 Å². The molecule has 0 aliphatic carbocycles. The molecule has 1 aliphatic heterocycles. The second-order valence-corrected chi connectivity index (χ2v) is 7.00. The Morgan fingerprint density at radius 1 is 1.28 bits per heavy atom. The Bertz CT molecular complexity index is 623. The third-order valence-electron chi connectivity index (χ3n) is 4.50. The zero-order valence-corrected chi connectivity index (χ0v) is 17.1. The summed E-state index contributed by atoms with van der Waals surface area (Å²) in [5, 5.41) is 6.38. The van der Waals surface area contributed by atoms with E-state index in [0.717, 1.165) is 17.7 Å². The Kier molecular flexibility index (Phi) is 9.53. The summed E-state index contributed by atoms with van der Waals surface area (Å²) in [4.78, 5) is 5.93. The van der Waals surface area contributed by atoms with E-state index in [0.29, 0.717) is 51.8 Å². The molecule has 1 aliphatic rings. The van der Waals surface area contributed by atoms with Crippen LogP contribution in [-0.4, -0.2) is 69.5 Å². The molecule has 9 heteroatoms. The van der Waals surface area contributed by atoms with Crippen molar-refractivity contribution < 1.29 is 22.6 Å². The number of nitrogens with one attached hydrogen (secondary N) is 2. The highest BCUT2D eigenvalue weighted by Gasteiger charge is 2.34. The van der Waals surface area contributed by atoms with Crippen molar-refractivity contribution in [1.82, 2.24) is 15.5 Å². The monoisotopic (exact) mass is 416 g/mol. The van der Waals surface area contributed by atoms with Crippen LogP contribution in [-0.2, 0) is 11.3 Å². The topological polar surface area (TPSA) is 58.1 Å². The van der Waals surface area contributed by atoms with Gasteiger partial charge in [0.2, 0.25) is 0 Å². The van der Waals surface area contributed by atoms with Crippen molar-refractivity contribution in [3.8, 4) is 5.75 Å². The molecule has 1 aromatic carbocycles. The zero-order valence-electron chi connectivity index (χ0n) is 17.1. The average Bonchev–Trinajstić information content (AvgIpc) is 3.10. The Hall–Kier alpha value is -2.00. The smallest absolute Gasteiger partial charge is 0.401 e. The molecule has 1 fully saturated rings. The second kappa shape index (κ2) is 11.9. The van der Waals surface area contributed by atoms with Crippen LogP contribution >= 0.6 is 0 Å². The van der Waals surface area contributed by atoms with Crippen molar-refractivity contribution in [3.05, 3.63) is 29.8 Å². The number of aliphatic imine (C=N–C) groups is 1. The standard InChI is InChI=1S/C20H31F3N4O2/c1-3-24-19(26-17-9-11-27(13-17)15-20(21,22)23)25-10-4-12-29-14-16-5-7-18(28-2)8-6-16/h5-8,17H,3-4,9-15H2,1-2H3,(H2,24,25,26). The van der Waals surface area contributed by atoms with Gasteiger partial charge in [0.05, 0.1) is 20.3 Å². The van der Waals surface area contributed by atoms with Crippen molar-refractivity contribution in [1.29, 1.82) is 0 Å². The van der Waals surface area contributed by atoms with Gasteiger partial charge in [-0.25, -0.2) is 0 Å². The molecule has 1 saturated heterocycles. The Balaban J connectivity index is 1.66.